The van der Waals surface area contributed by atoms with Gasteiger partial charge in [0.15, 0.2) is 8.32 Å². The number of esters is 1. The molecule has 0 amide bonds. The van der Waals surface area contributed by atoms with Gasteiger partial charge in [-0.25, -0.2) is 4.79 Å². The molecule has 0 N–H and O–H groups in total. The number of carbonyl (C=O) groups excluding carboxylic acids is 1. The van der Waals surface area contributed by atoms with Gasteiger partial charge in [-0.15, -0.1) is 0 Å². The lowest BCUT2D eigenvalue weighted by Crippen LogP contribution is -2.41. The maximum Gasteiger partial charge on any atom is 0.331 e. The van der Waals surface area contributed by atoms with Crippen LogP contribution in [0.5, 0.6) is 0 Å². The van der Waals surface area contributed by atoms with Crippen molar-refractivity contribution in [3.8, 4) is 0 Å². The van der Waals surface area contributed by atoms with Crippen molar-refractivity contribution in [2.45, 2.75) is 45.8 Å². The Morgan fingerprint density at radius 3 is 2.29 bits per heavy atom. The Labute approximate surface area is 114 Å². The van der Waals surface area contributed by atoms with Gasteiger partial charge in [0.1, 0.15) is 0 Å². The van der Waals surface area contributed by atoms with E-state index in [0.717, 1.165) is 4.48 Å². The van der Waals surface area contributed by atoms with Gasteiger partial charge in [0.2, 0.25) is 0 Å². The lowest BCUT2D eigenvalue weighted by atomic mass is 10.2. The molecule has 0 spiro atoms. The van der Waals surface area contributed by atoms with Crippen molar-refractivity contribution in [1.82, 2.24) is 0 Å². The van der Waals surface area contributed by atoms with E-state index in [2.05, 4.69) is 49.8 Å². The Morgan fingerprint density at radius 2 is 1.88 bits per heavy atom. The molecule has 0 bridgehead atoms. The zero-order valence-corrected chi connectivity index (χ0v) is 14.2. The van der Waals surface area contributed by atoms with Gasteiger partial charge in [-0.3, -0.25) is 0 Å². The van der Waals surface area contributed by atoms with Gasteiger partial charge in [0, 0.05) is 10.6 Å². The molecule has 0 fully saturated rings. The Balaban J connectivity index is 4.34. The van der Waals surface area contributed by atoms with Crippen LogP contribution in [0.4, 0.5) is 0 Å². The van der Waals surface area contributed by atoms with E-state index in [4.69, 9.17) is 9.16 Å². The number of halogens is 1. The van der Waals surface area contributed by atoms with Gasteiger partial charge in [-0.2, -0.15) is 0 Å². The van der Waals surface area contributed by atoms with E-state index in [1.54, 1.807) is 6.92 Å². The average molecular weight is 323 g/mol. The third kappa shape index (κ3) is 6.38. The molecule has 3 nitrogen and oxygen atoms in total. The molecule has 0 saturated heterocycles. The molecule has 5 heteroatoms. The molecule has 0 aliphatic rings. The fraction of sp³-hybridized carbons (Fsp3) is 0.750. The van der Waals surface area contributed by atoms with Crippen LogP contribution in [-0.4, -0.2) is 27.5 Å². The SMILES string of the molecule is CCOC(=O)C=C(Br)CO[Si](C)(C)C(C)(C)C. The molecule has 100 valence electrons. The highest BCUT2D eigenvalue weighted by Gasteiger charge is 2.37. The maximum atomic E-state index is 11.2. The molecule has 0 radical (unpaired) electrons. The van der Waals surface area contributed by atoms with E-state index >= 15 is 0 Å². The van der Waals surface area contributed by atoms with Crippen LogP contribution in [0.25, 0.3) is 0 Å². The zero-order chi connectivity index (χ0) is 13.7. The summed E-state index contributed by atoms with van der Waals surface area (Å²) in [4.78, 5) is 11.2. The molecule has 0 aliphatic carbocycles. The maximum absolute atomic E-state index is 11.2. The van der Waals surface area contributed by atoms with Gasteiger partial charge in [0.25, 0.3) is 0 Å². The second kappa shape index (κ2) is 6.71. The summed E-state index contributed by atoms with van der Waals surface area (Å²) in [6, 6.07) is 0. The second-order valence-corrected chi connectivity index (χ2v) is 11.2. The topological polar surface area (TPSA) is 35.5 Å². The van der Waals surface area contributed by atoms with Gasteiger partial charge in [-0.1, -0.05) is 36.7 Å². The van der Waals surface area contributed by atoms with E-state index in [9.17, 15) is 4.79 Å². The zero-order valence-electron chi connectivity index (χ0n) is 11.6. The minimum Gasteiger partial charge on any atom is -0.463 e. The molecular formula is C12H23BrO3Si. The van der Waals surface area contributed by atoms with E-state index in [0.29, 0.717) is 13.2 Å². The predicted molar refractivity (Wildman–Crippen MR) is 76.8 cm³/mol. The van der Waals surface area contributed by atoms with E-state index < -0.39 is 8.32 Å². The summed E-state index contributed by atoms with van der Waals surface area (Å²) in [6.45, 7) is 13.5. The Kier molecular flexibility index (Phi) is 6.65. The highest BCUT2D eigenvalue weighted by molar-refractivity contribution is 9.11. The lowest BCUT2D eigenvalue weighted by Gasteiger charge is -2.36. The van der Waals surface area contributed by atoms with E-state index in [1.165, 1.54) is 6.08 Å². The molecule has 0 aliphatic heterocycles. The summed E-state index contributed by atoms with van der Waals surface area (Å²) in [5, 5.41) is 0.171. The van der Waals surface area contributed by atoms with Gasteiger partial charge < -0.3 is 9.16 Å². The minimum atomic E-state index is -1.76. The highest BCUT2D eigenvalue weighted by Crippen LogP contribution is 2.36. The van der Waals surface area contributed by atoms with Crippen LogP contribution in [0.2, 0.25) is 18.1 Å². The number of carbonyl (C=O) groups is 1. The average Bonchev–Trinajstić information content (AvgIpc) is 2.13. The first kappa shape index (κ1) is 16.9. The van der Waals surface area contributed by atoms with Crippen molar-refractivity contribution in [2.75, 3.05) is 13.2 Å². The first-order valence-electron chi connectivity index (χ1n) is 5.77. The van der Waals surface area contributed by atoms with Crippen LogP contribution >= 0.6 is 15.9 Å². The molecular weight excluding hydrogens is 300 g/mol. The smallest absolute Gasteiger partial charge is 0.331 e. The van der Waals surface area contributed by atoms with Gasteiger partial charge in [0.05, 0.1) is 13.2 Å². The number of ether oxygens (including phenoxy) is 1. The van der Waals surface area contributed by atoms with Crippen molar-refractivity contribution < 1.29 is 14.0 Å². The van der Waals surface area contributed by atoms with Crippen LogP contribution in [0.1, 0.15) is 27.7 Å². The van der Waals surface area contributed by atoms with Crippen molar-refractivity contribution in [3.63, 3.8) is 0 Å². The van der Waals surface area contributed by atoms with Crippen LogP contribution in [-0.2, 0) is 14.0 Å². The summed E-state index contributed by atoms with van der Waals surface area (Å²) in [7, 11) is -1.76. The van der Waals surface area contributed by atoms with Crippen molar-refractivity contribution >= 4 is 30.2 Å². The van der Waals surface area contributed by atoms with E-state index in [-0.39, 0.29) is 11.0 Å². The minimum absolute atomic E-state index is 0.171. The molecule has 0 aromatic heterocycles. The monoisotopic (exact) mass is 322 g/mol. The van der Waals surface area contributed by atoms with Crippen molar-refractivity contribution in [3.05, 3.63) is 10.6 Å². The molecule has 0 unspecified atom stereocenters. The fourth-order valence-electron chi connectivity index (χ4n) is 0.819. The quantitative estimate of drug-likeness (QED) is 0.438. The third-order valence-corrected chi connectivity index (χ3v) is 7.87. The third-order valence-electron chi connectivity index (χ3n) is 2.94. The Morgan fingerprint density at radius 1 is 1.35 bits per heavy atom. The van der Waals surface area contributed by atoms with Crippen LogP contribution in [0.15, 0.2) is 10.6 Å². The molecule has 17 heavy (non-hydrogen) atoms. The van der Waals surface area contributed by atoms with Gasteiger partial charge in [-0.05, 0) is 25.1 Å². The molecule has 0 aromatic carbocycles. The van der Waals surface area contributed by atoms with Crippen LogP contribution in [0.3, 0.4) is 0 Å². The summed E-state index contributed by atoms with van der Waals surface area (Å²) < 4.78 is 11.5. The molecule has 0 saturated carbocycles. The van der Waals surface area contributed by atoms with E-state index in [1.807, 2.05) is 0 Å². The van der Waals surface area contributed by atoms with Crippen molar-refractivity contribution in [1.29, 1.82) is 0 Å². The summed E-state index contributed by atoms with van der Waals surface area (Å²) in [5.74, 6) is -0.335. The van der Waals surface area contributed by atoms with Gasteiger partial charge >= 0.3 is 5.97 Å². The molecule has 0 atom stereocenters. The number of hydrogen-bond acceptors (Lipinski definition) is 3. The fourth-order valence-corrected chi connectivity index (χ4v) is 2.28. The Hall–Kier alpha value is -0.133. The largest absolute Gasteiger partial charge is 0.463 e. The predicted octanol–water partition coefficient (Wildman–Crippen LogP) is 3.85. The van der Waals surface area contributed by atoms with Crippen LogP contribution < -0.4 is 0 Å². The summed E-state index contributed by atoms with van der Waals surface area (Å²) in [5.41, 5.74) is 0. The molecule has 0 aromatic rings. The lowest BCUT2D eigenvalue weighted by molar-refractivity contribution is -0.137. The first-order valence-corrected chi connectivity index (χ1v) is 9.47. The Bertz CT molecular complexity index is 293. The summed E-state index contributed by atoms with van der Waals surface area (Å²) in [6.07, 6.45) is 1.43. The second-order valence-electron chi connectivity index (χ2n) is 5.39. The highest BCUT2D eigenvalue weighted by atomic mass is 79.9. The number of hydrogen-bond donors (Lipinski definition) is 0. The molecule has 0 rings (SSSR count). The normalized spacial score (nSPS) is 13.7. The summed E-state index contributed by atoms with van der Waals surface area (Å²) >= 11 is 3.33. The first-order chi connectivity index (χ1) is 7.60. The number of rotatable bonds is 5. The standard InChI is InChI=1S/C12H23BrO3Si/c1-7-15-11(14)8-10(13)9-16-17(5,6)12(2,3)4/h8H,7,9H2,1-6H3. The molecule has 0 heterocycles. The van der Waals surface area contributed by atoms with Crippen molar-refractivity contribution in [2.24, 2.45) is 0 Å². The van der Waals surface area contributed by atoms with Crippen LogP contribution in [0, 0.1) is 0 Å².